The van der Waals surface area contributed by atoms with Gasteiger partial charge in [-0.05, 0) is 54.4 Å². The fourth-order valence-electron chi connectivity index (χ4n) is 4.42. The second kappa shape index (κ2) is 11.5. The number of carbonyl (C=O) groups is 3. The first-order valence-corrected chi connectivity index (χ1v) is 14.1. The highest BCUT2D eigenvalue weighted by Crippen LogP contribution is 2.31. The number of hydrogen-bond donors (Lipinski definition) is 2. The second-order valence-corrected chi connectivity index (χ2v) is 11.7. The molecule has 0 aromatic heterocycles. The highest BCUT2D eigenvalue weighted by Gasteiger charge is 2.44. The number of esters is 1. The van der Waals surface area contributed by atoms with Gasteiger partial charge in [0, 0.05) is 24.5 Å². The summed E-state index contributed by atoms with van der Waals surface area (Å²) in [6.07, 6.45) is 0.225. The number of amides is 2. The van der Waals surface area contributed by atoms with E-state index in [9.17, 15) is 22.8 Å². The van der Waals surface area contributed by atoms with Gasteiger partial charge in [-0.15, -0.1) is 0 Å². The van der Waals surface area contributed by atoms with E-state index in [0.717, 1.165) is 10.8 Å². The van der Waals surface area contributed by atoms with Crippen LogP contribution in [0.5, 0.6) is 0 Å². The maximum atomic E-state index is 13.6. The third-order valence-electron chi connectivity index (χ3n) is 6.26. The van der Waals surface area contributed by atoms with Crippen molar-refractivity contribution in [2.75, 3.05) is 32.1 Å². The van der Waals surface area contributed by atoms with Crippen LogP contribution in [0.3, 0.4) is 0 Å². The van der Waals surface area contributed by atoms with Crippen molar-refractivity contribution in [1.82, 2.24) is 9.21 Å². The number of carbonyl (C=O) groups excluding carboxylic acids is 3. The summed E-state index contributed by atoms with van der Waals surface area (Å²) in [6, 6.07) is 17.6. The lowest BCUT2D eigenvalue weighted by Crippen LogP contribution is -2.48. The summed E-state index contributed by atoms with van der Waals surface area (Å²) in [5.74, 6) is -1.50. The molecule has 1 aliphatic rings. The Morgan fingerprint density at radius 2 is 1.79 bits per heavy atom. The quantitative estimate of drug-likeness (QED) is 0.326. The molecule has 9 nitrogen and oxygen atoms in total. The van der Waals surface area contributed by atoms with Crippen LogP contribution in [-0.4, -0.2) is 73.4 Å². The number of nitrogens with one attached hydrogen (secondary N) is 1. The Labute approximate surface area is 227 Å². The summed E-state index contributed by atoms with van der Waals surface area (Å²) in [5, 5.41) is 4.02. The molecule has 2 amide bonds. The number of anilines is 1. The molecule has 1 heterocycles. The second-order valence-electron chi connectivity index (χ2n) is 9.03. The predicted molar refractivity (Wildman–Crippen MR) is 148 cm³/mol. The largest absolute Gasteiger partial charge is 0.462 e. The number of benzene rings is 3. The number of nitrogens with zero attached hydrogens (tertiary/aromatic N) is 2. The molecule has 11 heteroatoms. The van der Waals surface area contributed by atoms with Gasteiger partial charge >= 0.3 is 5.97 Å². The van der Waals surface area contributed by atoms with Crippen LogP contribution in [0, 0.1) is 0 Å². The lowest BCUT2D eigenvalue weighted by molar-refractivity contribution is -0.136. The van der Waals surface area contributed by atoms with Gasteiger partial charge in [-0.1, -0.05) is 36.4 Å². The van der Waals surface area contributed by atoms with Crippen molar-refractivity contribution in [3.63, 3.8) is 0 Å². The Kier molecular flexibility index (Phi) is 8.39. The summed E-state index contributed by atoms with van der Waals surface area (Å²) in [7, 11) is -2.54. The smallest absolute Gasteiger partial charge is 0.338 e. The van der Waals surface area contributed by atoms with Gasteiger partial charge in [0.15, 0.2) is 0 Å². The minimum absolute atomic E-state index is 0.0787. The van der Waals surface area contributed by atoms with Gasteiger partial charge in [-0.3, -0.25) is 9.59 Å². The Hall–Kier alpha value is -3.41. The Morgan fingerprint density at radius 1 is 1.05 bits per heavy atom. The zero-order valence-corrected chi connectivity index (χ0v) is 22.7. The van der Waals surface area contributed by atoms with Crippen molar-refractivity contribution in [2.45, 2.75) is 29.5 Å². The molecule has 2 unspecified atom stereocenters. The van der Waals surface area contributed by atoms with Gasteiger partial charge in [-0.2, -0.15) is 16.9 Å². The third kappa shape index (κ3) is 6.01. The minimum Gasteiger partial charge on any atom is -0.462 e. The fraction of sp³-hybridized carbons (Fsp3) is 0.296. The van der Waals surface area contributed by atoms with Crippen molar-refractivity contribution < 1.29 is 27.5 Å². The summed E-state index contributed by atoms with van der Waals surface area (Å²) in [6.45, 7) is 1.70. The summed E-state index contributed by atoms with van der Waals surface area (Å²) < 4.78 is 33.3. The first kappa shape index (κ1) is 27.6. The first-order chi connectivity index (χ1) is 18.1. The molecular weight excluding hydrogens is 526 g/mol. The maximum Gasteiger partial charge on any atom is 0.338 e. The van der Waals surface area contributed by atoms with Crippen LogP contribution in [0.1, 0.15) is 23.7 Å². The molecule has 1 saturated heterocycles. The topological polar surface area (TPSA) is 113 Å². The van der Waals surface area contributed by atoms with Crippen LogP contribution >= 0.6 is 12.6 Å². The molecule has 0 spiro atoms. The molecule has 1 aliphatic heterocycles. The van der Waals surface area contributed by atoms with E-state index in [1.807, 2.05) is 24.3 Å². The van der Waals surface area contributed by atoms with Crippen molar-refractivity contribution in [3.05, 3.63) is 72.3 Å². The zero-order valence-electron chi connectivity index (χ0n) is 21.0. The average Bonchev–Trinajstić information content (AvgIpc) is 3.30. The zero-order chi connectivity index (χ0) is 27.4. The Morgan fingerprint density at radius 3 is 2.53 bits per heavy atom. The van der Waals surface area contributed by atoms with Gasteiger partial charge in [0.05, 0.1) is 23.6 Å². The van der Waals surface area contributed by atoms with E-state index >= 15 is 0 Å². The van der Waals surface area contributed by atoms with E-state index in [2.05, 4.69) is 17.9 Å². The maximum absolute atomic E-state index is 13.6. The third-order valence-corrected chi connectivity index (χ3v) is 8.51. The van der Waals surface area contributed by atoms with Crippen LogP contribution < -0.4 is 5.32 Å². The molecule has 3 aromatic carbocycles. The number of thiol groups is 1. The van der Waals surface area contributed by atoms with Crippen molar-refractivity contribution >= 4 is 56.9 Å². The number of sulfonamides is 1. The highest BCUT2D eigenvalue weighted by atomic mass is 32.2. The summed E-state index contributed by atoms with van der Waals surface area (Å²) in [5.41, 5.74) is 0.660. The fourth-order valence-corrected chi connectivity index (χ4v) is 6.58. The molecule has 38 heavy (non-hydrogen) atoms. The van der Waals surface area contributed by atoms with E-state index in [1.165, 1.54) is 28.4 Å². The molecular formula is C27H29N3O6S2. The lowest BCUT2D eigenvalue weighted by atomic mass is 10.1. The van der Waals surface area contributed by atoms with E-state index in [-0.39, 0.29) is 41.8 Å². The molecule has 1 N–H and O–H groups in total. The van der Waals surface area contributed by atoms with Crippen molar-refractivity contribution in [2.24, 2.45) is 0 Å². The summed E-state index contributed by atoms with van der Waals surface area (Å²) >= 11 is 4.46. The van der Waals surface area contributed by atoms with E-state index in [0.29, 0.717) is 5.69 Å². The monoisotopic (exact) mass is 555 g/mol. The molecule has 0 saturated carbocycles. The number of fused-ring (bicyclic) bond motifs is 1. The van der Waals surface area contributed by atoms with Gasteiger partial charge in [0.25, 0.3) is 0 Å². The minimum atomic E-state index is -3.99. The van der Waals surface area contributed by atoms with Crippen LogP contribution in [0.4, 0.5) is 5.69 Å². The molecule has 200 valence electrons. The van der Waals surface area contributed by atoms with Crippen molar-refractivity contribution in [1.29, 1.82) is 0 Å². The number of rotatable bonds is 8. The average molecular weight is 556 g/mol. The Balaban J connectivity index is 1.46. The molecule has 1 fully saturated rings. The van der Waals surface area contributed by atoms with Crippen LogP contribution in [0.2, 0.25) is 0 Å². The molecule has 3 aromatic rings. The molecule has 0 bridgehead atoms. The van der Waals surface area contributed by atoms with E-state index in [4.69, 9.17) is 4.74 Å². The van der Waals surface area contributed by atoms with E-state index < -0.39 is 33.8 Å². The number of ether oxygens (including phenoxy) is 1. The standard InChI is InChI=1S/C27H29N3O6S2/c1-3-36-27(33)20-9-6-10-21(13-20)28-25(31)17-29(2)26(32)24-15-22(37)16-30(24)38(34,35)23-12-11-18-7-4-5-8-19(18)14-23/h4-14,22,24,37H,3,15-17H2,1-2H3,(H,28,31). The number of hydrogen-bond acceptors (Lipinski definition) is 7. The molecule has 2 atom stereocenters. The van der Waals surface area contributed by atoms with Crippen LogP contribution in [0.25, 0.3) is 10.8 Å². The van der Waals surface area contributed by atoms with Crippen LogP contribution in [-0.2, 0) is 24.3 Å². The molecule has 0 radical (unpaired) electrons. The van der Waals surface area contributed by atoms with Crippen molar-refractivity contribution in [3.8, 4) is 0 Å². The Bertz CT molecular complexity index is 1480. The van der Waals surface area contributed by atoms with Gasteiger partial charge < -0.3 is 15.0 Å². The highest BCUT2D eigenvalue weighted by molar-refractivity contribution is 7.89. The SMILES string of the molecule is CCOC(=O)c1cccc(NC(=O)CN(C)C(=O)C2CC(S)CN2S(=O)(=O)c2ccc3ccccc3c2)c1. The summed E-state index contributed by atoms with van der Waals surface area (Å²) in [4.78, 5) is 39.3. The van der Waals surface area contributed by atoms with Gasteiger partial charge in [0.1, 0.15) is 6.04 Å². The van der Waals surface area contributed by atoms with Crippen LogP contribution in [0.15, 0.2) is 71.6 Å². The normalized spacial score (nSPS) is 17.8. The molecule has 4 rings (SSSR count). The lowest BCUT2D eigenvalue weighted by Gasteiger charge is -2.27. The predicted octanol–water partition coefficient (Wildman–Crippen LogP) is 3.18. The first-order valence-electron chi connectivity index (χ1n) is 12.1. The molecule has 0 aliphatic carbocycles. The van der Waals surface area contributed by atoms with Gasteiger partial charge in [-0.25, -0.2) is 13.2 Å². The van der Waals surface area contributed by atoms with Gasteiger partial charge in [0.2, 0.25) is 21.8 Å². The van der Waals surface area contributed by atoms with E-state index in [1.54, 1.807) is 37.3 Å². The number of likely N-dealkylation sites (N-methyl/N-ethyl adjacent to an activating group) is 1.